The molecule has 0 radical (unpaired) electrons. The molecule has 2 amide bonds. The number of benzene rings is 1. The molecule has 0 aliphatic rings. The van der Waals surface area contributed by atoms with Gasteiger partial charge in [-0.2, -0.15) is 0 Å². The molecule has 21 heavy (non-hydrogen) atoms. The third-order valence-electron chi connectivity index (χ3n) is 2.68. The summed E-state index contributed by atoms with van der Waals surface area (Å²) in [5, 5.41) is 13.9. The van der Waals surface area contributed by atoms with Gasteiger partial charge < -0.3 is 20.7 Å². The predicted molar refractivity (Wildman–Crippen MR) is 72.3 cm³/mol. The Morgan fingerprint density at radius 2 is 2.05 bits per heavy atom. The molecule has 4 N–H and O–H groups in total. The maximum absolute atomic E-state index is 12.7. The van der Waals surface area contributed by atoms with Crippen molar-refractivity contribution in [2.75, 3.05) is 5.32 Å². The van der Waals surface area contributed by atoms with E-state index in [0.29, 0.717) is 11.4 Å². The van der Waals surface area contributed by atoms with E-state index in [0.717, 1.165) is 0 Å². The van der Waals surface area contributed by atoms with Gasteiger partial charge in [-0.25, -0.2) is 19.0 Å². The summed E-state index contributed by atoms with van der Waals surface area (Å²) in [6.07, 6.45) is 2.98. The van der Waals surface area contributed by atoms with Crippen LogP contribution < -0.4 is 10.6 Å². The van der Waals surface area contributed by atoms with E-state index in [4.69, 9.17) is 5.11 Å². The minimum Gasteiger partial charge on any atom is -0.480 e. The van der Waals surface area contributed by atoms with Crippen molar-refractivity contribution in [3.63, 3.8) is 0 Å². The van der Waals surface area contributed by atoms with Crippen LogP contribution in [0.25, 0.3) is 0 Å². The van der Waals surface area contributed by atoms with Gasteiger partial charge in [0.1, 0.15) is 11.9 Å². The molecule has 2 rings (SSSR count). The number of hydrogen-bond donors (Lipinski definition) is 4. The Bertz CT molecular complexity index is 613. The number of amides is 2. The number of anilines is 1. The first-order valence-corrected chi connectivity index (χ1v) is 6.08. The van der Waals surface area contributed by atoms with Gasteiger partial charge in [0.2, 0.25) is 0 Å². The Morgan fingerprint density at radius 1 is 1.33 bits per heavy atom. The molecule has 0 spiro atoms. The number of rotatable bonds is 5. The van der Waals surface area contributed by atoms with Crippen molar-refractivity contribution in [3.8, 4) is 0 Å². The van der Waals surface area contributed by atoms with Gasteiger partial charge in [0.25, 0.3) is 0 Å². The fourth-order valence-electron chi connectivity index (χ4n) is 1.67. The molecule has 0 bridgehead atoms. The zero-order valence-electron chi connectivity index (χ0n) is 10.8. The molecular weight excluding hydrogens is 279 g/mol. The van der Waals surface area contributed by atoms with E-state index >= 15 is 0 Å². The van der Waals surface area contributed by atoms with Gasteiger partial charge in [0.15, 0.2) is 0 Å². The highest BCUT2D eigenvalue weighted by Gasteiger charge is 2.21. The number of aromatic amines is 1. The second-order valence-corrected chi connectivity index (χ2v) is 4.28. The van der Waals surface area contributed by atoms with Crippen molar-refractivity contribution < 1.29 is 19.1 Å². The molecule has 0 aliphatic carbocycles. The molecule has 7 nitrogen and oxygen atoms in total. The quantitative estimate of drug-likeness (QED) is 0.667. The first-order chi connectivity index (χ1) is 10.0. The third-order valence-corrected chi connectivity index (χ3v) is 2.68. The lowest BCUT2D eigenvalue weighted by Gasteiger charge is -2.14. The van der Waals surface area contributed by atoms with Gasteiger partial charge in [-0.1, -0.05) is 0 Å². The topological polar surface area (TPSA) is 107 Å². The number of carboxylic acid groups (broad SMARTS) is 1. The zero-order valence-corrected chi connectivity index (χ0v) is 10.8. The fourth-order valence-corrected chi connectivity index (χ4v) is 1.67. The second kappa shape index (κ2) is 6.51. The Kier molecular flexibility index (Phi) is 4.50. The second-order valence-electron chi connectivity index (χ2n) is 4.28. The number of aromatic nitrogens is 2. The van der Waals surface area contributed by atoms with Crippen LogP contribution in [0.2, 0.25) is 0 Å². The summed E-state index contributed by atoms with van der Waals surface area (Å²) in [4.78, 5) is 29.4. The van der Waals surface area contributed by atoms with Crippen LogP contribution in [0.15, 0.2) is 36.8 Å². The summed E-state index contributed by atoms with van der Waals surface area (Å²) in [6.45, 7) is 0. The number of halogens is 1. The lowest BCUT2D eigenvalue weighted by molar-refractivity contribution is -0.139. The maximum atomic E-state index is 12.7. The van der Waals surface area contributed by atoms with Crippen molar-refractivity contribution in [2.24, 2.45) is 0 Å². The van der Waals surface area contributed by atoms with Crippen LogP contribution >= 0.6 is 0 Å². The van der Waals surface area contributed by atoms with Crippen molar-refractivity contribution in [3.05, 3.63) is 48.3 Å². The van der Waals surface area contributed by atoms with Crippen molar-refractivity contribution in [1.82, 2.24) is 15.3 Å². The first-order valence-electron chi connectivity index (χ1n) is 6.08. The lowest BCUT2D eigenvalue weighted by atomic mass is 10.2. The first kappa shape index (κ1) is 14.5. The SMILES string of the molecule is O=C(Nc1ccc(F)cc1)N[C@@H](Cc1cnc[nH]1)C(=O)O. The summed E-state index contributed by atoms with van der Waals surface area (Å²) in [6, 6.07) is 3.34. The van der Waals surface area contributed by atoms with Crippen LogP contribution in [0.4, 0.5) is 14.9 Å². The van der Waals surface area contributed by atoms with Gasteiger partial charge in [-0.15, -0.1) is 0 Å². The van der Waals surface area contributed by atoms with Gasteiger partial charge in [-0.05, 0) is 24.3 Å². The molecule has 1 aromatic heterocycles. The van der Waals surface area contributed by atoms with E-state index in [1.54, 1.807) is 0 Å². The van der Waals surface area contributed by atoms with Crippen molar-refractivity contribution in [2.45, 2.75) is 12.5 Å². The monoisotopic (exact) mass is 292 g/mol. The molecule has 110 valence electrons. The number of carboxylic acids is 1. The largest absolute Gasteiger partial charge is 0.480 e. The number of carbonyl (C=O) groups excluding carboxylic acids is 1. The molecule has 1 heterocycles. The fraction of sp³-hybridized carbons (Fsp3) is 0.154. The highest BCUT2D eigenvalue weighted by Crippen LogP contribution is 2.08. The molecule has 1 aromatic carbocycles. The molecule has 0 saturated carbocycles. The average Bonchev–Trinajstić information content (AvgIpc) is 2.93. The Morgan fingerprint density at radius 3 is 2.62 bits per heavy atom. The summed E-state index contributed by atoms with van der Waals surface area (Å²) in [5.41, 5.74) is 0.948. The van der Waals surface area contributed by atoms with Crippen LogP contribution in [-0.4, -0.2) is 33.1 Å². The van der Waals surface area contributed by atoms with Crippen LogP contribution in [0, 0.1) is 5.82 Å². The van der Waals surface area contributed by atoms with E-state index < -0.39 is 23.9 Å². The number of imidazole rings is 1. The minimum absolute atomic E-state index is 0.0756. The van der Waals surface area contributed by atoms with E-state index in [9.17, 15) is 14.0 Å². The van der Waals surface area contributed by atoms with E-state index in [-0.39, 0.29) is 6.42 Å². The van der Waals surface area contributed by atoms with E-state index in [1.165, 1.54) is 36.8 Å². The maximum Gasteiger partial charge on any atom is 0.326 e. The smallest absolute Gasteiger partial charge is 0.326 e. The molecule has 0 fully saturated rings. The van der Waals surface area contributed by atoms with Crippen LogP contribution in [0.1, 0.15) is 5.69 Å². The minimum atomic E-state index is -1.17. The summed E-state index contributed by atoms with van der Waals surface area (Å²) in [5.74, 6) is -1.59. The van der Waals surface area contributed by atoms with Crippen LogP contribution in [0.3, 0.4) is 0 Å². The molecule has 0 aliphatic heterocycles. The van der Waals surface area contributed by atoms with Gasteiger partial charge in [-0.3, -0.25) is 0 Å². The molecule has 0 unspecified atom stereocenters. The Hall–Kier alpha value is -2.90. The number of aliphatic carboxylic acids is 1. The predicted octanol–water partition coefficient (Wildman–Crippen LogP) is 1.37. The standard InChI is InChI=1S/C13H13FN4O3/c14-8-1-3-9(4-2-8)17-13(21)18-11(12(19)20)5-10-6-15-7-16-10/h1-4,6-7,11H,5H2,(H,15,16)(H,19,20)(H2,17,18,21)/t11-/m0/s1. The molecule has 8 heteroatoms. The third kappa shape index (κ3) is 4.30. The highest BCUT2D eigenvalue weighted by atomic mass is 19.1. The normalized spacial score (nSPS) is 11.7. The van der Waals surface area contributed by atoms with Crippen molar-refractivity contribution >= 4 is 17.7 Å². The van der Waals surface area contributed by atoms with Gasteiger partial charge in [0.05, 0.1) is 6.33 Å². The molecular formula is C13H13FN4O3. The van der Waals surface area contributed by atoms with Gasteiger partial charge in [0, 0.05) is 24.0 Å². The summed E-state index contributed by atoms with van der Waals surface area (Å²) < 4.78 is 12.7. The van der Waals surface area contributed by atoms with E-state index in [2.05, 4.69) is 20.6 Å². The van der Waals surface area contributed by atoms with Crippen LogP contribution in [-0.2, 0) is 11.2 Å². The zero-order chi connectivity index (χ0) is 15.2. The lowest BCUT2D eigenvalue weighted by Crippen LogP contribution is -2.44. The Labute approximate surface area is 119 Å². The van der Waals surface area contributed by atoms with Crippen LogP contribution in [0.5, 0.6) is 0 Å². The molecule has 1 atom stereocenters. The average molecular weight is 292 g/mol. The van der Waals surface area contributed by atoms with E-state index in [1.807, 2.05) is 0 Å². The molecule has 0 saturated heterocycles. The van der Waals surface area contributed by atoms with Crippen molar-refractivity contribution in [1.29, 1.82) is 0 Å². The number of H-pyrrole nitrogens is 1. The van der Waals surface area contributed by atoms with Gasteiger partial charge >= 0.3 is 12.0 Å². The molecule has 2 aromatic rings. The number of hydrogen-bond acceptors (Lipinski definition) is 3. The number of carbonyl (C=O) groups is 2. The number of nitrogens with one attached hydrogen (secondary N) is 3. The highest BCUT2D eigenvalue weighted by molar-refractivity contribution is 5.92. The Balaban J connectivity index is 1.95. The number of urea groups is 1. The summed E-state index contributed by atoms with van der Waals surface area (Å²) in [7, 11) is 0. The summed E-state index contributed by atoms with van der Waals surface area (Å²) >= 11 is 0. The number of nitrogens with zero attached hydrogens (tertiary/aromatic N) is 1.